The molecule has 0 aliphatic carbocycles. The molecule has 2 rings (SSSR count). The highest BCUT2D eigenvalue weighted by molar-refractivity contribution is 6.36. The fourth-order valence-corrected chi connectivity index (χ4v) is 2.19. The molecule has 0 aliphatic rings. The molecular weight excluding hydrogens is 325 g/mol. The molecule has 2 aromatic rings. The zero-order chi connectivity index (χ0) is 16.1. The van der Waals surface area contributed by atoms with Gasteiger partial charge in [0, 0.05) is 10.6 Å². The third kappa shape index (κ3) is 4.48. The Morgan fingerprint density at radius 3 is 2.59 bits per heavy atom. The minimum absolute atomic E-state index is 0.0668. The van der Waals surface area contributed by atoms with E-state index in [0.717, 1.165) is 0 Å². The van der Waals surface area contributed by atoms with Gasteiger partial charge in [0.15, 0.2) is 12.4 Å². The summed E-state index contributed by atoms with van der Waals surface area (Å²) < 4.78 is 5.36. The van der Waals surface area contributed by atoms with Gasteiger partial charge < -0.3 is 10.1 Å². The number of carbonyl (C=O) groups excluding carboxylic acids is 2. The van der Waals surface area contributed by atoms with Crippen LogP contribution in [0.3, 0.4) is 0 Å². The standard InChI is InChI=1S/C16H13Cl2NO3/c1-10(20)11-3-2-4-13(7-11)22-9-16(21)19-15-6-5-12(17)8-14(15)18/h2-8H,9H2,1H3,(H,19,21). The van der Waals surface area contributed by atoms with E-state index >= 15 is 0 Å². The van der Waals surface area contributed by atoms with Gasteiger partial charge in [-0.15, -0.1) is 0 Å². The van der Waals surface area contributed by atoms with Crippen LogP contribution in [0.4, 0.5) is 5.69 Å². The normalized spacial score (nSPS) is 10.1. The number of hydrogen-bond donors (Lipinski definition) is 1. The summed E-state index contributed by atoms with van der Waals surface area (Å²) in [4.78, 5) is 23.1. The molecule has 22 heavy (non-hydrogen) atoms. The smallest absolute Gasteiger partial charge is 0.262 e. The second kappa shape index (κ2) is 7.29. The molecule has 0 radical (unpaired) electrons. The first-order valence-corrected chi connectivity index (χ1v) is 7.20. The van der Waals surface area contributed by atoms with Crippen LogP contribution in [0.1, 0.15) is 17.3 Å². The van der Waals surface area contributed by atoms with Crippen LogP contribution in [0.5, 0.6) is 5.75 Å². The summed E-state index contributed by atoms with van der Waals surface area (Å²) in [5, 5.41) is 3.46. The Balaban J connectivity index is 1.95. The molecule has 0 fully saturated rings. The van der Waals surface area contributed by atoms with E-state index < -0.39 is 0 Å². The number of ether oxygens (including phenoxy) is 1. The topological polar surface area (TPSA) is 55.4 Å². The predicted molar refractivity (Wildman–Crippen MR) is 87.0 cm³/mol. The zero-order valence-corrected chi connectivity index (χ0v) is 13.2. The number of anilines is 1. The molecule has 0 aromatic heterocycles. The first-order chi connectivity index (χ1) is 10.5. The van der Waals surface area contributed by atoms with E-state index in [-0.39, 0.29) is 18.3 Å². The van der Waals surface area contributed by atoms with E-state index in [0.29, 0.717) is 27.0 Å². The number of amides is 1. The summed E-state index contributed by atoms with van der Waals surface area (Å²) in [5.41, 5.74) is 0.982. The van der Waals surface area contributed by atoms with Crippen molar-refractivity contribution in [2.24, 2.45) is 0 Å². The maximum absolute atomic E-state index is 11.8. The first-order valence-electron chi connectivity index (χ1n) is 6.44. The molecule has 1 N–H and O–H groups in total. The Morgan fingerprint density at radius 1 is 1.14 bits per heavy atom. The van der Waals surface area contributed by atoms with Crippen molar-refractivity contribution in [1.82, 2.24) is 0 Å². The number of rotatable bonds is 5. The summed E-state index contributed by atoms with van der Waals surface area (Å²) in [7, 11) is 0. The number of Topliss-reactive ketones (excluding diaryl/α,β-unsaturated/α-hetero) is 1. The van der Waals surface area contributed by atoms with Crippen molar-refractivity contribution in [1.29, 1.82) is 0 Å². The van der Waals surface area contributed by atoms with E-state index in [4.69, 9.17) is 27.9 Å². The highest BCUT2D eigenvalue weighted by atomic mass is 35.5. The quantitative estimate of drug-likeness (QED) is 0.831. The van der Waals surface area contributed by atoms with Gasteiger partial charge in [-0.05, 0) is 37.3 Å². The maximum Gasteiger partial charge on any atom is 0.262 e. The minimum Gasteiger partial charge on any atom is -0.484 e. The monoisotopic (exact) mass is 337 g/mol. The van der Waals surface area contributed by atoms with Crippen molar-refractivity contribution in [3.05, 3.63) is 58.1 Å². The maximum atomic E-state index is 11.8. The molecular formula is C16H13Cl2NO3. The van der Waals surface area contributed by atoms with Crippen molar-refractivity contribution in [3.8, 4) is 5.75 Å². The molecule has 0 atom stereocenters. The zero-order valence-electron chi connectivity index (χ0n) is 11.7. The van der Waals surface area contributed by atoms with Crippen LogP contribution in [0.25, 0.3) is 0 Å². The van der Waals surface area contributed by atoms with Crippen LogP contribution in [0.2, 0.25) is 10.0 Å². The largest absolute Gasteiger partial charge is 0.484 e. The van der Waals surface area contributed by atoms with Crippen molar-refractivity contribution in [2.75, 3.05) is 11.9 Å². The lowest BCUT2D eigenvalue weighted by Gasteiger charge is -2.09. The molecule has 0 saturated heterocycles. The van der Waals surface area contributed by atoms with Gasteiger partial charge in [-0.2, -0.15) is 0 Å². The average molecular weight is 338 g/mol. The number of benzene rings is 2. The van der Waals surface area contributed by atoms with Crippen molar-refractivity contribution in [3.63, 3.8) is 0 Å². The van der Waals surface area contributed by atoms with E-state index in [1.807, 2.05) is 0 Å². The molecule has 1 amide bonds. The van der Waals surface area contributed by atoms with Crippen LogP contribution in [-0.2, 0) is 4.79 Å². The molecule has 0 aliphatic heterocycles. The van der Waals surface area contributed by atoms with Crippen LogP contribution in [0.15, 0.2) is 42.5 Å². The molecule has 114 valence electrons. The Kier molecular flexibility index (Phi) is 5.41. The van der Waals surface area contributed by atoms with Gasteiger partial charge in [0.25, 0.3) is 5.91 Å². The number of ketones is 1. The van der Waals surface area contributed by atoms with Gasteiger partial charge in [0.2, 0.25) is 0 Å². The predicted octanol–water partition coefficient (Wildman–Crippen LogP) is 4.21. The van der Waals surface area contributed by atoms with Crippen molar-refractivity contribution < 1.29 is 14.3 Å². The van der Waals surface area contributed by atoms with E-state index in [2.05, 4.69) is 5.32 Å². The summed E-state index contributed by atoms with van der Waals surface area (Å²) in [5.74, 6) is 0.0188. The summed E-state index contributed by atoms with van der Waals surface area (Å²) in [6.07, 6.45) is 0. The lowest BCUT2D eigenvalue weighted by Crippen LogP contribution is -2.20. The van der Waals surface area contributed by atoms with Gasteiger partial charge in [0.1, 0.15) is 5.75 Å². The second-order valence-electron chi connectivity index (χ2n) is 4.55. The van der Waals surface area contributed by atoms with Gasteiger partial charge >= 0.3 is 0 Å². The van der Waals surface area contributed by atoms with Gasteiger partial charge in [-0.3, -0.25) is 9.59 Å². The number of nitrogens with one attached hydrogen (secondary N) is 1. The summed E-state index contributed by atoms with van der Waals surface area (Å²) in [6.45, 7) is 1.27. The molecule has 2 aromatic carbocycles. The van der Waals surface area contributed by atoms with E-state index in [1.54, 1.807) is 36.4 Å². The first kappa shape index (κ1) is 16.3. The Morgan fingerprint density at radius 2 is 1.91 bits per heavy atom. The Hall–Kier alpha value is -2.04. The van der Waals surface area contributed by atoms with Crippen LogP contribution in [-0.4, -0.2) is 18.3 Å². The fourth-order valence-electron chi connectivity index (χ4n) is 1.73. The molecule has 0 heterocycles. The summed E-state index contributed by atoms with van der Waals surface area (Å²) in [6, 6.07) is 11.4. The molecule has 4 nitrogen and oxygen atoms in total. The highest BCUT2D eigenvalue weighted by Gasteiger charge is 2.08. The second-order valence-corrected chi connectivity index (χ2v) is 5.39. The molecule has 0 spiro atoms. The van der Waals surface area contributed by atoms with Crippen LogP contribution in [0, 0.1) is 0 Å². The molecule has 0 bridgehead atoms. The van der Waals surface area contributed by atoms with Gasteiger partial charge in [-0.25, -0.2) is 0 Å². The highest BCUT2D eigenvalue weighted by Crippen LogP contribution is 2.25. The number of carbonyl (C=O) groups is 2. The lowest BCUT2D eigenvalue weighted by atomic mass is 10.1. The molecule has 0 saturated carbocycles. The van der Waals surface area contributed by atoms with Crippen LogP contribution < -0.4 is 10.1 Å². The van der Waals surface area contributed by atoms with Crippen molar-refractivity contribution >= 4 is 40.6 Å². The third-order valence-electron chi connectivity index (χ3n) is 2.82. The number of halogens is 2. The average Bonchev–Trinajstić information content (AvgIpc) is 2.48. The Labute approximate surface area is 138 Å². The van der Waals surface area contributed by atoms with Gasteiger partial charge in [-0.1, -0.05) is 35.3 Å². The minimum atomic E-state index is -0.363. The lowest BCUT2D eigenvalue weighted by molar-refractivity contribution is -0.118. The molecule has 6 heteroatoms. The van der Waals surface area contributed by atoms with Gasteiger partial charge in [0.05, 0.1) is 10.7 Å². The van der Waals surface area contributed by atoms with E-state index in [9.17, 15) is 9.59 Å². The Bertz CT molecular complexity index is 716. The summed E-state index contributed by atoms with van der Waals surface area (Å²) >= 11 is 11.8. The van der Waals surface area contributed by atoms with Crippen LogP contribution >= 0.6 is 23.2 Å². The third-order valence-corrected chi connectivity index (χ3v) is 3.36. The van der Waals surface area contributed by atoms with Crippen molar-refractivity contribution in [2.45, 2.75) is 6.92 Å². The molecule has 0 unspecified atom stereocenters. The number of hydrogen-bond acceptors (Lipinski definition) is 3. The fraction of sp³-hybridized carbons (Fsp3) is 0.125. The SMILES string of the molecule is CC(=O)c1cccc(OCC(=O)Nc2ccc(Cl)cc2Cl)c1. The van der Waals surface area contributed by atoms with E-state index in [1.165, 1.54) is 13.0 Å².